The molecule has 3 rings (SSSR count). The zero-order valence-electron chi connectivity index (χ0n) is 74.1. The number of aromatic nitrogens is 3. The molecular weight excluding hydrogens is 1600 g/mol. The third-order valence-corrected chi connectivity index (χ3v) is 20.2. The van der Waals surface area contributed by atoms with Crippen LogP contribution in [0, 0.1) is 23.2 Å². The molecule has 3 atom stereocenters. The van der Waals surface area contributed by atoms with E-state index in [4.69, 9.17) is 124 Å². The first-order valence-electron chi connectivity index (χ1n) is 45.3. The van der Waals surface area contributed by atoms with Crippen molar-refractivity contribution in [3.8, 4) is 0 Å². The number of carboxylic acids is 3. The van der Waals surface area contributed by atoms with Gasteiger partial charge >= 0.3 is 24.0 Å². The zero-order chi connectivity index (χ0) is 87.3. The number of hydrogen-bond acceptors (Lipinski definition) is 31. The Kier molecular flexibility index (Phi) is 77.6. The van der Waals surface area contributed by atoms with Crippen LogP contribution in [0.3, 0.4) is 0 Å². The van der Waals surface area contributed by atoms with Crippen LogP contribution in [0.25, 0.3) is 0 Å². The molecule has 1 heterocycles. The van der Waals surface area contributed by atoms with Crippen LogP contribution in [0.15, 0.2) is 0 Å². The second-order valence-corrected chi connectivity index (χ2v) is 29.6. The van der Waals surface area contributed by atoms with E-state index in [1.807, 2.05) is 4.68 Å². The molecule has 0 spiro atoms. The van der Waals surface area contributed by atoms with E-state index in [9.17, 15) is 29.1 Å². The normalized spacial score (nSPS) is 14.6. The van der Waals surface area contributed by atoms with Gasteiger partial charge in [-0.05, 0) is 75.5 Å². The summed E-state index contributed by atoms with van der Waals surface area (Å²) in [7, 11) is 1.58. The number of ketones is 1. The number of ether oxygens (including phenoxy) is 24. The summed E-state index contributed by atoms with van der Waals surface area (Å²) in [4.78, 5) is 59.5. The Morgan fingerprint density at radius 1 is 0.320 bits per heavy atom. The van der Waals surface area contributed by atoms with Crippen molar-refractivity contribution in [3.63, 3.8) is 0 Å². The van der Waals surface area contributed by atoms with E-state index in [0.29, 0.717) is 380 Å². The zero-order valence-corrected chi connectivity index (χ0v) is 74.1. The van der Waals surface area contributed by atoms with Crippen molar-refractivity contribution >= 4 is 29.8 Å². The largest absolute Gasteiger partial charge is 0.481 e. The fourth-order valence-electron chi connectivity index (χ4n) is 13.4. The molecule has 0 aliphatic heterocycles. The lowest BCUT2D eigenvalue weighted by atomic mass is 9.73. The van der Waals surface area contributed by atoms with Crippen LogP contribution >= 0.6 is 0 Å². The van der Waals surface area contributed by atoms with Crippen LogP contribution in [0.2, 0.25) is 0 Å². The van der Waals surface area contributed by atoms with Crippen molar-refractivity contribution in [1.82, 2.24) is 20.3 Å². The molecule has 2 aliphatic rings. The Bertz CT molecular complexity index is 2500. The predicted octanol–water partition coefficient (Wildman–Crippen LogP) is 8.15. The summed E-state index contributed by atoms with van der Waals surface area (Å²) in [5.41, 5.74) is 0.873. The van der Waals surface area contributed by atoms with Gasteiger partial charge in [0, 0.05) is 32.9 Å². The summed E-state index contributed by atoms with van der Waals surface area (Å²) >= 11 is 0. The van der Waals surface area contributed by atoms with Crippen LogP contribution in [-0.2, 0) is 152 Å². The molecule has 1 aromatic rings. The van der Waals surface area contributed by atoms with Gasteiger partial charge in [-0.15, -0.1) is 5.10 Å². The first-order chi connectivity index (χ1) is 60.1. The first kappa shape index (κ1) is 112. The molecule has 0 bridgehead atoms. The number of carbonyl (C=O) groups is 5. The second kappa shape index (κ2) is 84.7. The van der Waals surface area contributed by atoms with E-state index >= 15 is 0 Å². The quantitative estimate of drug-likeness (QED) is 0.0353. The third kappa shape index (κ3) is 66.9. The lowest BCUT2D eigenvalue weighted by Gasteiger charge is -2.28. The molecule has 0 radical (unpaired) electrons. The van der Waals surface area contributed by atoms with Crippen LogP contribution < -0.4 is 5.32 Å². The predicted molar refractivity (Wildman–Crippen MR) is 448 cm³/mol. The van der Waals surface area contributed by atoms with Gasteiger partial charge in [0.25, 0.3) is 0 Å². The van der Waals surface area contributed by atoms with Gasteiger partial charge in [0.15, 0.2) is 0 Å². The molecule has 1 fully saturated rings. The number of carboxylic acid groups (broad SMARTS) is 3. The summed E-state index contributed by atoms with van der Waals surface area (Å²) in [5, 5.41) is 39.5. The van der Waals surface area contributed by atoms with Gasteiger partial charge in [0.1, 0.15) is 11.2 Å². The van der Waals surface area contributed by atoms with Gasteiger partial charge in [-0.1, -0.05) is 95.1 Å². The Labute approximate surface area is 725 Å². The summed E-state index contributed by atoms with van der Waals surface area (Å²) < 4.78 is 136. The van der Waals surface area contributed by atoms with Gasteiger partial charge in [-0.3, -0.25) is 19.2 Å². The van der Waals surface area contributed by atoms with Crippen LogP contribution in [0.4, 0.5) is 4.79 Å². The van der Waals surface area contributed by atoms with Crippen molar-refractivity contribution in [2.24, 2.45) is 23.2 Å². The summed E-state index contributed by atoms with van der Waals surface area (Å²) in [6.07, 6.45) is 19.3. The molecular formula is C86H158N4O32. The number of rotatable bonds is 99. The highest BCUT2D eigenvalue weighted by Gasteiger charge is 2.50. The Morgan fingerprint density at radius 2 is 0.566 bits per heavy atom. The van der Waals surface area contributed by atoms with Gasteiger partial charge in [-0.25, -0.2) is 9.48 Å². The van der Waals surface area contributed by atoms with Crippen LogP contribution in [-0.4, -0.2) is 378 Å². The number of fused-ring (bicyclic) bond motifs is 2. The number of hydrogen-bond donors (Lipinski definition) is 4. The molecule has 714 valence electrons. The maximum Gasteiger partial charge on any atom is 0.406 e. The molecule has 1 amide bonds. The average molecular weight is 1760 g/mol. The van der Waals surface area contributed by atoms with Crippen molar-refractivity contribution in [2.75, 3.05) is 318 Å². The first-order valence-corrected chi connectivity index (χ1v) is 45.3. The fraction of sp³-hybridized carbons (Fsp3) is 0.919. The summed E-state index contributed by atoms with van der Waals surface area (Å²) in [6.45, 7) is 22.1. The summed E-state index contributed by atoms with van der Waals surface area (Å²) in [6, 6.07) is 0. The van der Waals surface area contributed by atoms with E-state index in [-0.39, 0.29) is 31.1 Å². The number of unbranched alkanes of at least 4 members (excludes halogenated alkanes) is 14. The van der Waals surface area contributed by atoms with E-state index in [1.54, 1.807) is 7.05 Å². The Hall–Kier alpha value is -4.43. The number of aliphatic carboxylic acids is 3. The minimum Gasteiger partial charge on any atom is -0.481 e. The number of alkyl carbamates (subject to hydrolysis) is 1. The Morgan fingerprint density at radius 3 is 0.828 bits per heavy atom. The van der Waals surface area contributed by atoms with Crippen molar-refractivity contribution in [1.29, 1.82) is 0 Å². The molecule has 2 aliphatic carbocycles. The monoisotopic (exact) mass is 1760 g/mol. The molecule has 36 nitrogen and oxygen atoms in total. The SMILES string of the molecule is CNC(=O)OC[C@@H]1[C@@H]2CCc3nnn(CCOCCOCCOCCOCCOCCOCCOCCOCCOCCOCCOCCOCCOCCOCCOCCOCCOCCOCCOCCOCCOCCOCCOCCCC(=O)C(CCCCCCCCCCC(=O)O)(CCCCCCCCCCC(=O)O)C(=O)O)c3CC[C@@H]21. The van der Waals surface area contributed by atoms with E-state index < -0.39 is 23.3 Å². The molecule has 1 saturated carbocycles. The smallest absolute Gasteiger partial charge is 0.406 e. The lowest BCUT2D eigenvalue weighted by Crippen LogP contribution is -2.39. The van der Waals surface area contributed by atoms with Crippen molar-refractivity contribution in [2.45, 2.75) is 173 Å². The highest BCUT2D eigenvalue weighted by atomic mass is 16.6. The molecule has 0 unspecified atom stereocenters. The van der Waals surface area contributed by atoms with Gasteiger partial charge < -0.3 is 134 Å². The van der Waals surface area contributed by atoms with Crippen molar-refractivity contribution < 1.29 is 153 Å². The average Bonchev–Trinajstić information content (AvgIpc) is 1.61. The topological polar surface area (TPSA) is 410 Å². The fourth-order valence-corrected chi connectivity index (χ4v) is 13.4. The van der Waals surface area contributed by atoms with E-state index in [2.05, 4.69) is 15.6 Å². The number of nitrogens with zero attached hydrogens (tertiary/aromatic N) is 3. The summed E-state index contributed by atoms with van der Waals surface area (Å²) in [5.74, 6) is -1.16. The minimum atomic E-state index is -1.41. The third-order valence-electron chi connectivity index (χ3n) is 20.2. The van der Waals surface area contributed by atoms with Gasteiger partial charge in [0.05, 0.1) is 322 Å². The van der Waals surface area contributed by atoms with Crippen LogP contribution in [0.5, 0.6) is 0 Å². The van der Waals surface area contributed by atoms with Crippen LogP contribution in [0.1, 0.15) is 165 Å². The minimum absolute atomic E-state index is 0.138. The molecule has 1 aromatic heterocycles. The van der Waals surface area contributed by atoms with E-state index in [1.165, 1.54) is 5.69 Å². The number of Topliss-reactive ketones (excluding diaryl/α,β-unsaturated/α-hetero) is 1. The Balaban J connectivity index is 0.906. The molecule has 0 saturated heterocycles. The van der Waals surface area contributed by atoms with Gasteiger partial charge in [0.2, 0.25) is 0 Å². The number of carbonyl (C=O) groups excluding carboxylic acids is 2. The van der Waals surface area contributed by atoms with Crippen molar-refractivity contribution in [3.05, 3.63) is 11.4 Å². The maximum atomic E-state index is 13.7. The number of nitrogens with one attached hydrogen (secondary N) is 1. The molecule has 122 heavy (non-hydrogen) atoms. The second-order valence-electron chi connectivity index (χ2n) is 29.6. The van der Waals surface area contributed by atoms with Gasteiger partial charge in [-0.2, -0.15) is 0 Å². The molecule has 36 heteroatoms. The standard InChI is InChI=1S/C86H158N4O32/c1-87-85(98)122-75-78-76-22-24-79-80(25-23-77(76)78)90(89-88-79)28-30-100-32-34-102-36-38-104-40-42-106-44-46-108-48-50-110-52-54-112-56-58-114-60-62-116-64-66-118-68-70-120-72-74-121-73-71-119-69-67-117-65-63-115-61-59-113-57-55-111-53-51-109-49-47-107-45-43-105-41-39-103-37-35-101-33-31-99-29-18-19-81(91)86(84(96)97,26-16-12-8-4-2-6-10-14-20-82(92)93)27-17-13-9-5-3-7-11-15-21-83(94)95/h76-78H,2-75H2,1H3,(H,87,98)(H,92,93)(H,94,95)(H,96,97)/t76-,77+,78-/m1/s1. The maximum absolute atomic E-state index is 13.7. The number of aryl methyl sites for hydroxylation is 1. The lowest BCUT2D eigenvalue weighted by molar-refractivity contribution is -0.156. The van der Waals surface area contributed by atoms with E-state index in [0.717, 1.165) is 108 Å². The highest BCUT2D eigenvalue weighted by Crippen LogP contribution is 2.53. The molecule has 4 N–H and O–H groups in total. The molecule has 0 aromatic carbocycles. The highest BCUT2D eigenvalue weighted by molar-refractivity contribution is 6.03. The number of amides is 1.